The Hall–Kier alpha value is -2.36. The molecule has 0 unspecified atom stereocenters. The van der Waals surface area contributed by atoms with Crippen molar-refractivity contribution in [3.63, 3.8) is 0 Å². The van der Waals surface area contributed by atoms with E-state index in [2.05, 4.69) is 15.0 Å². The van der Waals surface area contributed by atoms with Crippen LogP contribution in [-0.4, -0.2) is 25.6 Å². The number of sulfonamides is 1. The number of hydrogen-bond acceptors (Lipinski definition) is 6. The van der Waals surface area contributed by atoms with E-state index < -0.39 is 10.0 Å². The van der Waals surface area contributed by atoms with Gasteiger partial charge < -0.3 is 5.32 Å². The van der Waals surface area contributed by atoms with E-state index >= 15 is 0 Å². The van der Waals surface area contributed by atoms with Gasteiger partial charge in [0.05, 0.1) is 16.3 Å². The number of para-hydroxylation sites is 1. The Morgan fingerprint density at radius 1 is 1.14 bits per heavy atom. The molecule has 0 aliphatic heterocycles. The minimum absolute atomic E-state index is 0.110. The van der Waals surface area contributed by atoms with Crippen LogP contribution in [0.5, 0.6) is 0 Å². The molecular weight excluding hydrogens is 426 g/mol. The number of thioether (sulfide) groups is 1. The number of thiazole rings is 1. The van der Waals surface area contributed by atoms with Crippen LogP contribution in [0.25, 0.3) is 0 Å². The average Bonchev–Trinajstić information content (AvgIpc) is 3.14. The molecular formula is C20H21N3O3S3. The maximum absolute atomic E-state index is 12.4. The Bertz CT molecular complexity index is 1090. The van der Waals surface area contributed by atoms with Crippen LogP contribution in [0.3, 0.4) is 0 Å². The Balaban J connectivity index is 1.57. The van der Waals surface area contributed by atoms with Gasteiger partial charge in [0.15, 0.2) is 5.13 Å². The smallest absolute Gasteiger partial charge is 0.263 e. The van der Waals surface area contributed by atoms with Crippen molar-refractivity contribution in [1.29, 1.82) is 0 Å². The fourth-order valence-corrected chi connectivity index (χ4v) is 5.11. The van der Waals surface area contributed by atoms with Crippen molar-refractivity contribution in [3.8, 4) is 0 Å². The van der Waals surface area contributed by atoms with Crippen LogP contribution in [0, 0.1) is 6.92 Å². The van der Waals surface area contributed by atoms with Gasteiger partial charge in [0.1, 0.15) is 0 Å². The second-order valence-electron chi connectivity index (χ2n) is 6.31. The lowest BCUT2D eigenvalue weighted by molar-refractivity contribution is -0.116. The van der Waals surface area contributed by atoms with E-state index in [4.69, 9.17) is 0 Å². The molecule has 0 fully saturated rings. The number of hydrogen-bond donors (Lipinski definition) is 2. The van der Waals surface area contributed by atoms with Crippen molar-refractivity contribution in [2.45, 2.75) is 29.6 Å². The first-order valence-electron chi connectivity index (χ1n) is 8.84. The zero-order valence-corrected chi connectivity index (χ0v) is 18.5. The molecule has 6 nitrogen and oxygen atoms in total. The second kappa shape index (κ2) is 9.43. The topological polar surface area (TPSA) is 88.2 Å². The maximum atomic E-state index is 12.4. The van der Waals surface area contributed by atoms with Crippen molar-refractivity contribution in [1.82, 2.24) is 4.98 Å². The SMILES string of the molecule is CSc1ccccc1NC(=O)CCc1csc(NS(=O)(=O)c2ccc(C)cc2)n1. The molecule has 29 heavy (non-hydrogen) atoms. The van der Waals surface area contributed by atoms with Crippen LogP contribution in [-0.2, 0) is 21.2 Å². The summed E-state index contributed by atoms with van der Waals surface area (Å²) in [7, 11) is -3.68. The van der Waals surface area contributed by atoms with Crippen molar-refractivity contribution in [3.05, 3.63) is 65.2 Å². The largest absolute Gasteiger partial charge is 0.325 e. The van der Waals surface area contributed by atoms with Gasteiger partial charge in [-0.25, -0.2) is 13.4 Å². The zero-order valence-electron chi connectivity index (χ0n) is 16.0. The van der Waals surface area contributed by atoms with Gasteiger partial charge in [-0.3, -0.25) is 9.52 Å². The first kappa shape index (κ1) is 21.4. The third-order valence-corrected chi connectivity index (χ3v) is 7.18. The molecule has 2 N–H and O–H groups in total. The molecule has 152 valence electrons. The summed E-state index contributed by atoms with van der Waals surface area (Å²) in [5, 5.41) is 4.95. The molecule has 0 spiro atoms. The van der Waals surface area contributed by atoms with Crippen LogP contribution < -0.4 is 10.0 Å². The highest BCUT2D eigenvalue weighted by molar-refractivity contribution is 7.98. The van der Waals surface area contributed by atoms with Crippen LogP contribution >= 0.6 is 23.1 Å². The van der Waals surface area contributed by atoms with E-state index in [0.717, 1.165) is 16.1 Å². The van der Waals surface area contributed by atoms with Crippen LogP contribution in [0.4, 0.5) is 10.8 Å². The number of amides is 1. The lowest BCUT2D eigenvalue weighted by Crippen LogP contribution is -2.14. The summed E-state index contributed by atoms with van der Waals surface area (Å²) in [5.41, 5.74) is 2.44. The zero-order chi connectivity index (χ0) is 20.9. The standard InChI is InChI=1S/C20H21N3O3S3/c1-14-7-10-16(11-8-14)29(25,26)23-20-21-15(13-28-20)9-12-19(24)22-17-5-3-4-6-18(17)27-2/h3-8,10-11,13H,9,12H2,1-2H3,(H,21,23)(H,22,24). The van der Waals surface area contributed by atoms with E-state index in [1.165, 1.54) is 11.3 Å². The van der Waals surface area contributed by atoms with Gasteiger partial charge >= 0.3 is 0 Å². The number of aromatic nitrogens is 1. The summed E-state index contributed by atoms with van der Waals surface area (Å²) >= 11 is 2.77. The molecule has 0 bridgehead atoms. The third kappa shape index (κ3) is 5.81. The van der Waals surface area contributed by atoms with Gasteiger partial charge in [-0.05, 0) is 43.9 Å². The van der Waals surface area contributed by atoms with Crippen molar-refractivity contribution in [2.75, 3.05) is 16.3 Å². The normalized spacial score (nSPS) is 11.2. The van der Waals surface area contributed by atoms with Gasteiger partial charge in [0.25, 0.3) is 10.0 Å². The fraction of sp³-hybridized carbons (Fsp3) is 0.200. The number of rotatable bonds is 8. The Labute approximate surface area is 178 Å². The molecule has 1 amide bonds. The second-order valence-corrected chi connectivity index (χ2v) is 9.70. The molecule has 1 heterocycles. The van der Waals surface area contributed by atoms with E-state index in [9.17, 15) is 13.2 Å². The van der Waals surface area contributed by atoms with E-state index in [-0.39, 0.29) is 22.4 Å². The van der Waals surface area contributed by atoms with Gasteiger partial charge in [-0.2, -0.15) is 0 Å². The number of anilines is 2. The van der Waals surface area contributed by atoms with Gasteiger partial charge in [-0.1, -0.05) is 29.8 Å². The molecule has 0 aliphatic carbocycles. The predicted molar refractivity (Wildman–Crippen MR) is 119 cm³/mol. The van der Waals surface area contributed by atoms with Crippen LogP contribution in [0.2, 0.25) is 0 Å². The Morgan fingerprint density at radius 2 is 1.86 bits per heavy atom. The highest BCUT2D eigenvalue weighted by Gasteiger charge is 2.16. The van der Waals surface area contributed by atoms with Crippen molar-refractivity contribution < 1.29 is 13.2 Å². The number of nitrogens with one attached hydrogen (secondary N) is 2. The molecule has 0 saturated heterocycles. The van der Waals surface area contributed by atoms with Crippen molar-refractivity contribution in [2.24, 2.45) is 0 Å². The summed E-state index contributed by atoms with van der Waals surface area (Å²) < 4.78 is 27.4. The Morgan fingerprint density at radius 3 is 2.59 bits per heavy atom. The van der Waals surface area contributed by atoms with Crippen LogP contribution in [0.15, 0.2) is 63.7 Å². The summed E-state index contributed by atoms with van der Waals surface area (Å²) in [6.45, 7) is 1.90. The lowest BCUT2D eigenvalue weighted by Gasteiger charge is -2.08. The van der Waals surface area contributed by atoms with E-state index in [1.807, 2.05) is 37.4 Å². The summed E-state index contributed by atoms with van der Waals surface area (Å²) in [6, 6.07) is 14.2. The first-order chi connectivity index (χ1) is 13.9. The number of aryl methyl sites for hydroxylation is 2. The van der Waals surface area contributed by atoms with E-state index in [0.29, 0.717) is 12.1 Å². The van der Waals surface area contributed by atoms with Gasteiger partial charge in [0, 0.05) is 16.7 Å². The molecule has 0 radical (unpaired) electrons. The molecule has 2 aromatic carbocycles. The van der Waals surface area contributed by atoms with E-state index in [1.54, 1.807) is 41.4 Å². The number of carbonyl (C=O) groups is 1. The number of benzene rings is 2. The lowest BCUT2D eigenvalue weighted by atomic mass is 10.2. The first-order valence-corrected chi connectivity index (χ1v) is 12.4. The highest BCUT2D eigenvalue weighted by atomic mass is 32.2. The quantitative estimate of drug-likeness (QED) is 0.495. The van der Waals surface area contributed by atoms with Crippen LogP contribution in [0.1, 0.15) is 17.7 Å². The fourth-order valence-electron chi connectivity index (χ4n) is 2.56. The third-order valence-electron chi connectivity index (χ3n) is 4.09. The number of nitrogens with zero attached hydrogens (tertiary/aromatic N) is 1. The number of carbonyl (C=O) groups excluding carboxylic acids is 1. The molecule has 0 atom stereocenters. The monoisotopic (exact) mass is 447 g/mol. The molecule has 9 heteroatoms. The average molecular weight is 448 g/mol. The molecule has 3 aromatic rings. The molecule has 0 aliphatic rings. The minimum Gasteiger partial charge on any atom is -0.325 e. The highest BCUT2D eigenvalue weighted by Crippen LogP contribution is 2.25. The summed E-state index contributed by atoms with van der Waals surface area (Å²) in [4.78, 5) is 17.7. The van der Waals surface area contributed by atoms with Crippen molar-refractivity contribution >= 4 is 49.8 Å². The maximum Gasteiger partial charge on any atom is 0.263 e. The Kier molecular flexibility index (Phi) is 6.94. The van der Waals surface area contributed by atoms with Gasteiger partial charge in [0.2, 0.25) is 5.91 Å². The minimum atomic E-state index is -3.68. The predicted octanol–water partition coefficient (Wildman–Crippen LogP) is 4.55. The molecule has 3 rings (SSSR count). The molecule has 1 aromatic heterocycles. The summed E-state index contributed by atoms with van der Waals surface area (Å²) in [5.74, 6) is -0.110. The van der Waals surface area contributed by atoms with Gasteiger partial charge in [-0.15, -0.1) is 23.1 Å². The molecule has 0 saturated carbocycles. The summed E-state index contributed by atoms with van der Waals surface area (Å²) in [6.07, 6.45) is 2.64.